The van der Waals surface area contributed by atoms with Crippen LogP contribution in [0.15, 0.2) is 24.5 Å². The van der Waals surface area contributed by atoms with Crippen molar-refractivity contribution in [2.45, 2.75) is 57.8 Å². The van der Waals surface area contributed by atoms with Gasteiger partial charge in [-0.3, -0.25) is 9.78 Å². The van der Waals surface area contributed by atoms with Crippen LogP contribution in [-0.4, -0.2) is 10.8 Å². The Bertz CT molecular complexity index is 500. The van der Waals surface area contributed by atoms with Gasteiger partial charge in [0.1, 0.15) is 5.78 Å². The van der Waals surface area contributed by atoms with Gasteiger partial charge < -0.3 is 0 Å². The first-order valence-electron chi connectivity index (χ1n) is 8.58. The highest BCUT2D eigenvalue weighted by Gasteiger charge is 2.54. The second-order valence-electron chi connectivity index (χ2n) is 8.01. The summed E-state index contributed by atoms with van der Waals surface area (Å²) >= 11 is 0. The summed E-state index contributed by atoms with van der Waals surface area (Å²) in [5, 5.41) is 0. The van der Waals surface area contributed by atoms with Gasteiger partial charge in [-0.05, 0) is 73.8 Å². The number of aromatic nitrogens is 1. The van der Waals surface area contributed by atoms with Gasteiger partial charge in [0.25, 0.3) is 0 Å². The molecule has 0 N–H and O–H groups in total. The van der Waals surface area contributed by atoms with Gasteiger partial charge in [-0.2, -0.15) is 0 Å². The van der Waals surface area contributed by atoms with Crippen molar-refractivity contribution in [2.24, 2.45) is 23.2 Å². The zero-order chi connectivity index (χ0) is 14.4. The molecule has 0 aliphatic heterocycles. The number of hydrogen-bond donors (Lipinski definition) is 0. The molecule has 0 spiro atoms. The van der Waals surface area contributed by atoms with E-state index in [9.17, 15) is 4.79 Å². The Kier molecular flexibility index (Phi) is 3.16. The average Bonchev–Trinajstić information content (AvgIpc) is 2.46. The lowest BCUT2D eigenvalue weighted by Gasteiger charge is -2.56. The Morgan fingerprint density at radius 3 is 2.38 bits per heavy atom. The lowest BCUT2D eigenvalue weighted by Crippen LogP contribution is -2.50. The van der Waals surface area contributed by atoms with E-state index in [-0.39, 0.29) is 5.41 Å². The number of pyridine rings is 1. The minimum Gasteiger partial charge on any atom is -0.299 e. The summed E-state index contributed by atoms with van der Waals surface area (Å²) in [6, 6.07) is 4.08. The Morgan fingerprint density at radius 2 is 1.86 bits per heavy atom. The highest BCUT2D eigenvalue weighted by atomic mass is 16.1. The molecule has 2 heteroatoms. The van der Waals surface area contributed by atoms with Gasteiger partial charge in [-0.25, -0.2) is 0 Å². The number of nitrogens with zero attached hydrogens (tertiary/aromatic N) is 1. The average molecular weight is 283 g/mol. The lowest BCUT2D eigenvalue weighted by atomic mass is 9.48. The SMILES string of the molecule is CC(CC(=O)C12CC3CC(CC(C3)C1)C2)c1cccnc1. The Hall–Kier alpha value is -1.18. The van der Waals surface area contributed by atoms with Crippen LogP contribution in [0.4, 0.5) is 0 Å². The van der Waals surface area contributed by atoms with Crippen LogP contribution in [0.2, 0.25) is 0 Å². The first kappa shape index (κ1) is 13.5. The molecule has 4 bridgehead atoms. The van der Waals surface area contributed by atoms with E-state index < -0.39 is 0 Å². The van der Waals surface area contributed by atoms with Crippen LogP contribution in [0.3, 0.4) is 0 Å². The fraction of sp³-hybridized carbons (Fsp3) is 0.684. The number of rotatable bonds is 4. The molecule has 1 aromatic rings. The van der Waals surface area contributed by atoms with Crippen LogP contribution in [0.5, 0.6) is 0 Å². The zero-order valence-electron chi connectivity index (χ0n) is 12.9. The Morgan fingerprint density at radius 1 is 1.24 bits per heavy atom. The second kappa shape index (κ2) is 4.93. The van der Waals surface area contributed by atoms with Gasteiger partial charge in [0.05, 0.1) is 0 Å². The van der Waals surface area contributed by atoms with Crippen molar-refractivity contribution >= 4 is 5.78 Å². The third-order valence-corrected chi connectivity index (χ3v) is 6.37. The molecule has 1 aromatic heterocycles. The van der Waals surface area contributed by atoms with Gasteiger partial charge >= 0.3 is 0 Å². The predicted octanol–water partition coefficient (Wildman–Crippen LogP) is 4.36. The highest BCUT2D eigenvalue weighted by Crippen LogP contribution is 2.60. The fourth-order valence-electron chi connectivity index (χ4n) is 5.73. The second-order valence-corrected chi connectivity index (χ2v) is 8.01. The first-order chi connectivity index (χ1) is 10.1. The van der Waals surface area contributed by atoms with Crippen LogP contribution < -0.4 is 0 Å². The normalized spacial score (nSPS) is 38.4. The summed E-state index contributed by atoms with van der Waals surface area (Å²) in [6.45, 7) is 2.18. The number of carbonyl (C=O) groups is 1. The topological polar surface area (TPSA) is 30.0 Å². The van der Waals surface area contributed by atoms with E-state index in [0.717, 1.165) is 17.8 Å². The zero-order valence-corrected chi connectivity index (χ0v) is 12.9. The summed E-state index contributed by atoms with van der Waals surface area (Å²) in [5.41, 5.74) is 1.26. The third-order valence-electron chi connectivity index (χ3n) is 6.37. The van der Waals surface area contributed by atoms with Gasteiger partial charge in [0, 0.05) is 24.2 Å². The fourth-order valence-corrected chi connectivity index (χ4v) is 5.73. The molecule has 4 aliphatic carbocycles. The highest BCUT2D eigenvalue weighted by molar-refractivity contribution is 5.86. The quantitative estimate of drug-likeness (QED) is 0.821. The molecular formula is C19H25NO. The van der Waals surface area contributed by atoms with Crippen molar-refractivity contribution < 1.29 is 4.79 Å². The van der Waals surface area contributed by atoms with Crippen molar-refractivity contribution in [1.29, 1.82) is 0 Å². The summed E-state index contributed by atoms with van der Waals surface area (Å²) in [5.74, 6) is 3.42. The molecule has 0 saturated heterocycles. The smallest absolute Gasteiger partial charge is 0.139 e. The van der Waals surface area contributed by atoms with Crippen LogP contribution in [0.25, 0.3) is 0 Å². The van der Waals surface area contributed by atoms with Gasteiger partial charge in [-0.1, -0.05) is 13.0 Å². The van der Waals surface area contributed by atoms with Crippen LogP contribution in [0, 0.1) is 23.2 Å². The van der Waals surface area contributed by atoms with E-state index in [0.29, 0.717) is 18.1 Å². The molecule has 21 heavy (non-hydrogen) atoms. The van der Waals surface area contributed by atoms with Gasteiger partial charge in [0.2, 0.25) is 0 Å². The van der Waals surface area contributed by atoms with Crippen molar-refractivity contribution in [1.82, 2.24) is 4.98 Å². The standard InChI is InChI=1S/C19H25NO/c1-13(17-3-2-4-20-12-17)5-18(21)19-9-14-6-15(10-19)8-16(7-14)11-19/h2-4,12-16H,5-11H2,1H3. The van der Waals surface area contributed by atoms with Crippen LogP contribution in [-0.2, 0) is 4.79 Å². The number of Topliss-reactive ketones (excluding diaryl/α,β-unsaturated/α-hetero) is 1. The molecule has 4 aliphatic rings. The van der Waals surface area contributed by atoms with Crippen molar-refractivity contribution in [3.8, 4) is 0 Å². The molecule has 2 nitrogen and oxygen atoms in total. The largest absolute Gasteiger partial charge is 0.299 e. The third kappa shape index (κ3) is 2.33. The molecule has 0 aromatic carbocycles. The van der Waals surface area contributed by atoms with Crippen molar-refractivity contribution in [3.05, 3.63) is 30.1 Å². The first-order valence-corrected chi connectivity index (χ1v) is 8.58. The summed E-state index contributed by atoms with van der Waals surface area (Å²) in [6.07, 6.45) is 12.2. The maximum absolute atomic E-state index is 13.1. The van der Waals surface area contributed by atoms with E-state index in [2.05, 4.69) is 18.0 Å². The number of carbonyl (C=O) groups excluding carboxylic acids is 1. The maximum atomic E-state index is 13.1. The molecule has 112 valence electrons. The van der Waals surface area contributed by atoms with E-state index >= 15 is 0 Å². The molecule has 1 unspecified atom stereocenters. The van der Waals surface area contributed by atoms with Gasteiger partial charge in [-0.15, -0.1) is 0 Å². The minimum atomic E-state index is 0.0607. The molecule has 4 fully saturated rings. The van der Waals surface area contributed by atoms with E-state index in [1.165, 1.54) is 44.1 Å². The monoisotopic (exact) mass is 283 g/mol. The lowest BCUT2D eigenvalue weighted by molar-refractivity contribution is -0.144. The predicted molar refractivity (Wildman–Crippen MR) is 82.9 cm³/mol. The minimum absolute atomic E-state index is 0.0607. The molecule has 0 amide bonds. The van der Waals surface area contributed by atoms with Crippen LogP contribution in [0.1, 0.15) is 63.4 Å². The molecular weight excluding hydrogens is 258 g/mol. The van der Waals surface area contributed by atoms with Gasteiger partial charge in [0.15, 0.2) is 0 Å². The van der Waals surface area contributed by atoms with E-state index in [1.807, 2.05) is 12.3 Å². The van der Waals surface area contributed by atoms with Crippen molar-refractivity contribution in [2.75, 3.05) is 0 Å². The Balaban J connectivity index is 1.50. The summed E-state index contributed by atoms with van der Waals surface area (Å²) < 4.78 is 0. The van der Waals surface area contributed by atoms with E-state index in [4.69, 9.17) is 0 Å². The summed E-state index contributed by atoms with van der Waals surface area (Å²) in [7, 11) is 0. The maximum Gasteiger partial charge on any atom is 0.139 e. The van der Waals surface area contributed by atoms with Crippen LogP contribution >= 0.6 is 0 Å². The summed E-state index contributed by atoms with van der Waals surface area (Å²) in [4.78, 5) is 17.3. The molecule has 1 atom stereocenters. The number of ketones is 1. The molecule has 4 saturated carbocycles. The molecule has 0 radical (unpaired) electrons. The van der Waals surface area contributed by atoms with E-state index in [1.54, 1.807) is 6.20 Å². The van der Waals surface area contributed by atoms with Crippen molar-refractivity contribution in [3.63, 3.8) is 0 Å². The molecule has 5 rings (SSSR count). The number of hydrogen-bond acceptors (Lipinski definition) is 2. The Labute approximate surface area is 127 Å². The molecule has 1 heterocycles.